The summed E-state index contributed by atoms with van der Waals surface area (Å²) in [6.07, 6.45) is 6.00. The van der Waals surface area contributed by atoms with E-state index < -0.39 is 0 Å². The molecule has 0 amide bonds. The summed E-state index contributed by atoms with van der Waals surface area (Å²) in [5.41, 5.74) is 0. The van der Waals surface area contributed by atoms with Crippen LogP contribution in [0.1, 0.15) is 38.5 Å². The third-order valence-electron chi connectivity index (χ3n) is 8.03. The predicted molar refractivity (Wildman–Crippen MR) is 183 cm³/mol. The molecule has 5 aromatic rings. The molecule has 2 saturated heterocycles. The van der Waals surface area contributed by atoms with E-state index in [0.717, 1.165) is 86.2 Å². The fourth-order valence-corrected chi connectivity index (χ4v) is 7.67. The highest BCUT2D eigenvalue weighted by Gasteiger charge is 2.28. The lowest BCUT2D eigenvalue weighted by Gasteiger charge is -2.23. The topological polar surface area (TPSA) is 55.4 Å². The smallest absolute Gasteiger partial charge is 0.199 e. The van der Waals surface area contributed by atoms with Crippen molar-refractivity contribution in [3.63, 3.8) is 0 Å². The number of hydrogen-bond donors (Lipinski definition) is 0. The van der Waals surface area contributed by atoms with Crippen LogP contribution in [0.2, 0.25) is 0 Å². The highest BCUT2D eigenvalue weighted by Crippen LogP contribution is 2.35. The Morgan fingerprint density at radius 1 is 0.404 bits per heavy atom. The molecule has 47 heavy (non-hydrogen) atoms. The molecule has 0 N–H and O–H groups in total. The quantitative estimate of drug-likeness (QED) is 0.133. The lowest BCUT2D eigenvalue weighted by atomic mass is 10.2. The molecular formula is C40H39O6S+. The second kappa shape index (κ2) is 15.4. The van der Waals surface area contributed by atoms with Gasteiger partial charge in [0.05, 0.1) is 24.1 Å². The minimum atomic E-state index is -0.306. The first-order valence-electron chi connectivity index (χ1n) is 16.4. The second-order valence-electron chi connectivity index (χ2n) is 11.5. The van der Waals surface area contributed by atoms with Gasteiger partial charge in [-0.2, -0.15) is 0 Å². The molecule has 0 aromatic heterocycles. The Morgan fingerprint density at radius 2 is 0.766 bits per heavy atom. The molecule has 2 atom stereocenters. The van der Waals surface area contributed by atoms with Crippen LogP contribution in [-0.2, 0) is 20.4 Å². The Labute approximate surface area is 279 Å². The van der Waals surface area contributed by atoms with Crippen LogP contribution in [0, 0.1) is 0 Å². The van der Waals surface area contributed by atoms with Gasteiger partial charge in [-0.3, -0.25) is 0 Å². The zero-order valence-corrected chi connectivity index (χ0v) is 27.1. The van der Waals surface area contributed by atoms with Gasteiger partial charge >= 0.3 is 0 Å². The van der Waals surface area contributed by atoms with Crippen molar-refractivity contribution in [3.05, 3.63) is 127 Å². The summed E-state index contributed by atoms with van der Waals surface area (Å²) >= 11 is 0. The SMILES string of the molecule is c1ccc([S+](c2ccc(Oc3ccc(OC4CCCCO4)cc3)cc2)c2ccc(Oc3ccc(OC4CCCCO4)cc3)cc2)cc1. The van der Waals surface area contributed by atoms with Gasteiger partial charge < -0.3 is 28.4 Å². The highest BCUT2D eigenvalue weighted by atomic mass is 32.2. The van der Waals surface area contributed by atoms with Gasteiger partial charge in [0.2, 0.25) is 0 Å². The van der Waals surface area contributed by atoms with Crippen LogP contribution in [0.15, 0.2) is 142 Å². The minimum Gasteiger partial charge on any atom is -0.465 e. The third kappa shape index (κ3) is 8.49. The van der Waals surface area contributed by atoms with Crippen molar-refractivity contribution >= 4 is 10.9 Å². The van der Waals surface area contributed by atoms with Gasteiger partial charge in [-0.05, 0) is 135 Å². The minimum absolute atomic E-state index is 0.162. The maximum Gasteiger partial charge on any atom is 0.199 e. The van der Waals surface area contributed by atoms with Gasteiger partial charge in [0.25, 0.3) is 0 Å². The highest BCUT2D eigenvalue weighted by molar-refractivity contribution is 7.97. The molecule has 7 rings (SSSR count). The number of ether oxygens (including phenoxy) is 6. The second-order valence-corrected chi connectivity index (χ2v) is 13.6. The largest absolute Gasteiger partial charge is 0.465 e. The summed E-state index contributed by atoms with van der Waals surface area (Å²) in [7, 11) is -0.306. The van der Waals surface area contributed by atoms with Crippen LogP contribution in [0.5, 0.6) is 34.5 Å². The fourth-order valence-electron chi connectivity index (χ4n) is 5.61. The summed E-state index contributed by atoms with van der Waals surface area (Å²) in [6.45, 7) is 1.52. The maximum atomic E-state index is 6.17. The average molecular weight is 648 g/mol. The van der Waals surface area contributed by atoms with E-state index in [2.05, 4.69) is 54.6 Å². The van der Waals surface area contributed by atoms with Crippen molar-refractivity contribution in [1.29, 1.82) is 0 Å². The molecule has 240 valence electrons. The number of hydrogen-bond acceptors (Lipinski definition) is 6. The van der Waals surface area contributed by atoms with Gasteiger partial charge in [-0.1, -0.05) is 18.2 Å². The molecule has 2 aliphatic rings. The zero-order valence-electron chi connectivity index (χ0n) is 26.3. The van der Waals surface area contributed by atoms with Gasteiger partial charge in [-0.15, -0.1) is 0 Å². The maximum absolute atomic E-state index is 6.17. The number of benzene rings is 5. The first kappa shape index (κ1) is 31.2. The summed E-state index contributed by atoms with van der Waals surface area (Å²) in [6, 6.07) is 42.8. The first-order valence-corrected chi connectivity index (χ1v) is 17.6. The molecule has 0 radical (unpaired) electrons. The van der Waals surface area contributed by atoms with Gasteiger partial charge in [0.15, 0.2) is 27.3 Å². The van der Waals surface area contributed by atoms with Crippen molar-refractivity contribution in [1.82, 2.24) is 0 Å². The normalized spacial score (nSPS) is 18.6. The first-order chi connectivity index (χ1) is 23.2. The standard InChI is InChI=1S/C40H39O6S/c1-2-8-36(9-3-1)47(37-24-20-32(21-25-37)43-30-12-16-34(17-13-30)45-39-10-4-6-28-41-39)38-26-22-33(23-27-38)44-31-14-18-35(19-15-31)46-40-11-5-7-29-42-40/h1-3,8-9,12-27,39-40H,4-7,10-11,28-29H2/q+1. The van der Waals surface area contributed by atoms with E-state index in [1.165, 1.54) is 14.7 Å². The van der Waals surface area contributed by atoms with E-state index in [-0.39, 0.29) is 23.5 Å². The van der Waals surface area contributed by atoms with E-state index in [1.54, 1.807) is 0 Å². The lowest BCUT2D eigenvalue weighted by molar-refractivity contribution is -0.106. The Morgan fingerprint density at radius 3 is 1.15 bits per heavy atom. The van der Waals surface area contributed by atoms with E-state index in [9.17, 15) is 0 Å². The molecule has 2 aliphatic heterocycles. The van der Waals surface area contributed by atoms with Crippen LogP contribution in [0.4, 0.5) is 0 Å². The molecule has 0 aliphatic carbocycles. The van der Waals surface area contributed by atoms with Crippen molar-refractivity contribution in [3.8, 4) is 34.5 Å². The Kier molecular flexibility index (Phi) is 10.2. The van der Waals surface area contributed by atoms with Crippen LogP contribution in [0.25, 0.3) is 0 Å². The molecule has 0 bridgehead atoms. The Bertz CT molecular complexity index is 1550. The van der Waals surface area contributed by atoms with Crippen molar-refractivity contribution < 1.29 is 28.4 Å². The van der Waals surface area contributed by atoms with Crippen LogP contribution >= 0.6 is 0 Å². The van der Waals surface area contributed by atoms with Crippen molar-refractivity contribution in [2.75, 3.05) is 13.2 Å². The fraction of sp³-hybridized carbons (Fsp3) is 0.250. The zero-order chi connectivity index (χ0) is 31.7. The average Bonchev–Trinajstić information content (AvgIpc) is 3.13. The van der Waals surface area contributed by atoms with E-state index >= 15 is 0 Å². The van der Waals surface area contributed by atoms with Gasteiger partial charge in [0, 0.05) is 12.8 Å². The van der Waals surface area contributed by atoms with Crippen molar-refractivity contribution in [2.24, 2.45) is 0 Å². The Balaban J connectivity index is 1.01. The summed E-state index contributed by atoms with van der Waals surface area (Å²) in [5.74, 6) is 4.65. The summed E-state index contributed by atoms with van der Waals surface area (Å²) in [5, 5.41) is 0. The molecule has 2 fully saturated rings. The molecule has 5 aromatic carbocycles. The van der Waals surface area contributed by atoms with E-state index in [4.69, 9.17) is 28.4 Å². The summed E-state index contributed by atoms with van der Waals surface area (Å²) in [4.78, 5) is 3.64. The number of rotatable bonds is 11. The molecule has 0 spiro atoms. The molecule has 2 heterocycles. The predicted octanol–water partition coefficient (Wildman–Crippen LogP) is 10.2. The molecule has 6 nitrogen and oxygen atoms in total. The van der Waals surface area contributed by atoms with E-state index in [1.807, 2.05) is 72.8 Å². The van der Waals surface area contributed by atoms with Crippen LogP contribution in [-0.4, -0.2) is 25.8 Å². The van der Waals surface area contributed by atoms with Crippen molar-refractivity contribution in [2.45, 2.75) is 65.8 Å². The molecule has 7 heteroatoms. The van der Waals surface area contributed by atoms with Gasteiger partial charge in [0.1, 0.15) is 34.5 Å². The molecule has 0 saturated carbocycles. The molecular weight excluding hydrogens is 609 g/mol. The monoisotopic (exact) mass is 647 g/mol. The third-order valence-corrected chi connectivity index (χ3v) is 10.3. The van der Waals surface area contributed by atoms with E-state index in [0.29, 0.717) is 0 Å². The summed E-state index contributed by atoms with van der Waals surface area (Å²) < 4.78 is 35.6. The molecule has 2 unspecified atom stereocenters. The Hall–Kier alpha value is -4.43. The van der Waals surface area contributed by atoms with Crippen LogP contribution < -0.4 is 18.9 Å². The lowest BCUT2D eigenvalue weighted by Crippen LogP contribution is -2.24. The van der Waals surface area contributed by atoms with Crippen LogP contribution in [0.3, 0.4) is 0 Å². The van der Waals surface area contributed by atoms with Gasteiger partial charge in [-0.25, -0.2) is 0 Å².